The fourth-order valence-electron chi connectivity index (χ4n) is 4.79. The van der Waals surface area contributed by atoms with Gasteiger partial charge in [0.15, 0.2) is 0 Å². The third-order valence-corrected chi connectivity index (χ3v) is 7.17. The first kappa shape index (κ1) is 20.5. The van der Waals surface area contributed by atoms with Crippen molar-refractivity contribution in [1.82, 2.24) is 24.8 Å². The summed E-state index contributed by atoms with van der Waals surface area (Å²) in [6.45, 7) is 2.34. The van der Waals surface area contributed by atoms with Crippen molar-refractivity contribution >= 4 is 17.2 Å². The first-order chi connectivity index (χ1) is 14.0. The van der Waals surface area contributed by atoms with E-state index in [-0.39, 0.29) is 11.9 Å². The molecule has 2 aromatic rings. The molecule has 0 unspecified atom stereocenters. The van der Waals surface area contributed by atoms with Crippen molar-refractivity contribution in [3.05, 3.63) is 34.3 Å². The van der Waals surface area contributed by atoms with E-state index in [0.29, 0.717) is 18.3 Å². The van der Waals surface area contributed by atoms with Gasteiger partial charge >= 0.3 is 0 Å². The molecule has 0 aromatic carbocycles. The third kappa shape index (κ3) is 4.87. The summed E-state index contributed by atoms with van der Waals surface area (Å²) in [7, 11) is 4.01. The average Bonchev–Trinajstić information content (AvgIpc) is 3.40. The minimum Gasteiger partial charge on any atom is -0.391 e. The number of carbonyl (C=O) groups excluding carboxylic acids is 1. The zero-order chi connectivity index (χ0) is 20.4. The van der Waals surface area contributed by atoms with Gasteiger partial charge in [-0.25, -0.2) is 4.68 Å². The highest BCUT2D eigenvalue weighted by Crippen LogP contribution is 2.41. The van der Waals surface area contributed by atoms with E-state index in [1.807, 2.05) is 29.9 Å². The summed E-state index contributed by atoms with van der Waals surface area (Å²) >= 11 is 1.76. The average molecular weight is 418 g/mol. The van der Waals surface area contributed by atoms with Gasteiger partial charge < -0.3 is 14.9 Å². The topological polar surface area (TPSA) is 74.5 Å². The Morgan fingerprint density at radius 2 is 2.10 bits per heavy atom. The lowest BCUT2D eigenvalue weighted by molar-refractivity contribution is -0.130. The predicted molar refractivity (Wildman–Crippen MR) is 113 cm³/mol. The number of hydrogen-bond donors (Lipinski definition) is 1. The van der Waals surface area contributed by atoms with Crippen LogP contribution in [-0.4, -0.2) is 69.1 Å². The summed E-state index contributed by atoms with van der Waals surface area (Å²) in [4.78, 5) is 18.1. The summed E-state index contributed by atoms with van der Waals surface area (Å²) in [5, 5.41) is 21.3. The monoisotopic (exact) mass is 417 g/mol. The Labute approximate surface area is 176 Å². The highest BCUT2D eigenvalue weighted by molar-refractivity contribution is 7.09. The molecule has 0 bridgehead atoms. The molecular weight excluding hydrogens is 386 g/mol. The molecule has 1 aliphatic carbocycles. The van der Waals surface area contributed by atoms with E-state index in [1.54, 1.807) is 11.3 Å². The summed E-state index contributed by atoms with van der Waals surface area (Å²) in [6.07, 6.45) is 5.61. The fourth-order valence-corrected chi connectivity index (χ4v) is 5.55. The lowest BCUT2D eigenvalue weighted by Crippen LogP contribution is -2.36. The number of hydrogen-bond acceptors (Lipinski definition) is 6. The van der Waals surface area contributed by atoms with Crippen LogP contribution < -0.4 is 0 Å². The van der Waals surface area contributed by atoms with Crippen molar-refractivity contribution in [2.75, 3.05) is 27.2 Å². The van der Waals surface area contributed by atoms with Gasteiger partial charge in [0.1, 0.15) is 0 Å². The zero-order valence-corrected chi connectivity index (χ0v) is 18.1. The fraction of sp³-hybridized carbons (Fsp3) is 0.667. The van der Waals surface area contributed by atoms with Crippen LogP contribution in [0.4, 0.5) is 0 Å². The van der Waals surface area contributed by atoms with Crippen LogP contribution in [0.1, 0.15) is 42.3 Å². The van der Waals surface area contributed by atoms with E-state index < -0.39 is 6.10 Å². The van der Waals surface area contributed by atoms with Gasteiger partial charge in [-0.3, -0.25) is 4.79 Å². The molecule has 0 radical (unpaired) electrons. The molecule has 2 aromatic heterocycles. The minimum absolute atomic E-state index is 0.0476. The van der Waals surface area contributed by atoms with E-state index in [0.717, 1.165) is 51.0 Å². The Balaban J connectivity index is 1.31. The van der Waals surface area contributed by atoms with Crippen LogP contribution in [0.5, 0.6) is 0 Å². The molecule has 4 atom stereocenters. The van der Waals surface area contributed by atoms with Crippen molar-refractivity contribution in [3.63, 3.8) is 0 Å². The summed E-state index contributed by atoms with van der Waals surface area (Å²) < 4.78 is 1.84. The van der Waals surface area contributed by atoms with Crippen LogP contribution in [0.25, 0.3) is 0 Å². The number of aromatic nitrogens is 3. The molecule has 7 nitrogen and oxygen atoms in total. The van der Waals surface area contributed by atoms with Gasteiger partial charge in [0.2, 0.25) is 5.91 Å². The van der Waals surface area contributed by atoms with Crippen LogP contribution in [0, 0.1) is 11.8 Å². The smallest absolute Gasteiger partial charge is 0.222 e. The molecule has 1 aliphatic heterocycles. The molecule has 29 heavy (non-hydrogen) atoms. The Hall–Kier alpha value is -1.77. The molecular formula is C21H31N5O2S. The van der Waals surface area contributed by atoms with Crippen molar-refractivity contribution in [1.29, 1.82) is 0 Å². The molecule has 1 saturated heterocycles. The molecule has 1 amide bonds. The van der Waals surface area contributed by atoms with Crippen molar-refractivity contribution < 1.29 is 9.90 Å². The summed E-state index contributed by atoms with van der Waals surface area (Å²) in [6, 6.07) is 4.15. The van der Waals surface area contributed by atoms with Crippen molar-refractivity contribution in [3.8, 4) is 0 Å². The largest absolute Gasteiger partial charge is 0.391 e. The molecule has 4 rings (SSSR count). The number of carbonyl (C=O) groups is 1. The van der Waals surface area contributed by atoms with E-state index in [1.165, 1.54) is 4.88 Å². The van der Waals surface area contributed by atoms with Gasteiger partial charge in [0.25, 0.3) is 0 Å². The van der Waals surface area contributed by atoms with Crippen molar-refractivity contribution in [2.24, 2.45) is 11.8 Å². The molecule has 1 N–H and O–H groups in total. The zero-order valence-electron chi connectivity index (χ0n) is 17.3. The molecule has 2 aliphatic rings. The molecule has 158 valence electrons. The number of aliphatic hydroxyl groups excluding tert-OH is 1. The molecule has 3 heterocycles. The number of nitrogens with zero attached hydrogens (tertiary/aromatic N) is 5. The molecule has 2 fully saturated rings. The van der Waals surface area contributed by atoms with Crippen LogP contribution in [0.15, 0.2) is 23.7 Å². The second kappa shape index (κ2) is 8.93. The highest BCUT2D eigenvalue weighted by Gasteiger charge is 2.43. The highest BCUT2D eigenvalue weighted by atomic mass is 32.1. The molecule has 8 heteroatoms. The van der Waals surface area contributed by atoms with Crippen molar-refractivity contribution in [2.45, 2.75) is 50.8 Å². The Bertz CT molecular complexity index is 806. The number of rotatable bonds is 7. The maximum atomic E-state index is 12.7. The van der Waals surface area contributed by atoms with Gasteiger partial charge in [-0.05, 0) is 63.1 Å². The lowest BCUT2D eigenvalue weighted by atomic mass is 9.77. The maximum absolute atomic E-state index is 12.7. The maximum Gasteiger partial charge on any atom is 0.222 e. The van der Waals surface area contributed by atoms with Gasteiger partial charge in [-0.2, -0.15) is 0 Å². The van der Waals surface area contributed by atoms with Crippen LogP contribution in [-0.2, 0) is 17.8 Å². The van der Waals surface area contributed by atoms with Crippen LogP contribution >= 0.6 is 11.3 Å². The standard InChI is InChI=1S/C21H31N5O2S/c1-24(2)13-17-14-26(23-22-17)19-9-15-11-25(12-16(15)10-20(19)27)21(28)7-3-5-18-6-4-8-29-18/h4,6,8,14-16,19-20,27H,3,5,7,9-13H2,1-2H3/t15-,16+,19-,20-/m1/s1. The SMILES string of the molecule is CN(C)Cc1cn([C@@H]2C[C@@H]3CN(C(=O)CCCc4cccs4)C[C@@H]3C[C@H]2O)nn1. The lowest BCUT2D eigenvalue weighted by Gasteiger charge is -2.34. The van der Waals surface area contributed by atoms with Gasteiger partial charge in [-0.15, -0.1) is 16.4 Å². The van der Waals surface area contributed by atoms with Gasteiger partial charge in [-0.1, -0.05) is 11.3 Å². The molecule has 1 saturated carbocycles. The van der Waals surface area contributed by atoms with Crippen LogP contribution in [0.2, 0.25) is 0 Å². The summed E-state index contributed by atoms with van der Waals surface area (Å²) in [5.74, 6) is 1.09. The minimum atomic E-state index is -0.431. The van der Waals surface area contributed by atoms with E-state index >= 15 is 0 Å². The number of thiophene rings is 1. The van der Waals surface area contributed by atoms with Crippen LogP contribution in [0.3, 0.4) is 0 Å². The second-order valence-electron chi connectivity index (χ2n) is 8.79. The normalized spacial score (nSPS) is 26.8. The number of aryl methyl sites for hydroxylation is 1. The second-order valence-corrected chi connectivity index (χ2v) is 9.82. The Morgan fingerprint density at radius 3 is 2.83 bits per heavy atom. The first-order valence-corrected chi connectivity index (χ1v) is 11.4. The van der Waals surface area contributed by atoms with Gasteiger partial charge in [0.05, 0.1) is 24.0 Å². The Kier molecular flexibility index (Phi) is 6.32. The first-order valence-electron chi connectivity index (χ1n) is 10.5. The summed E-state index contributed by atoms with van der Waals surface area (Å²) in [5.41, 5.74) is 0.915. The predicted octanol–water partition coefficient (Wildman–Crippen LogP) is 2.19. The van der Waals surface area contributed by atoms with E-state index in [9.17, 15) is 9.90 Å². The quantitative estimate of drug-likeness (QED) is 0.748. The number of amides is 1. The van der Waals surface area contributed by atoms with E-state index in [4.69, 9.17) is 0 Å². The van der Waals surface area contributed by atoms with E-state index in [2.05, 4.69) is 32.7 Å². The number of likely N-dealkylation sites (tertiary alicyclic amines) is 1. The number of aliphatic hydroxyl groups is 1. The third-order valence-electron chi connectivity index (χ3n) is 6.23. The molecule has 0 spiro atoms. The number of fused-ring (bicyclic) bond motifs is 1. The Morgan fingerprint density at radius 1 is 1.31 bits per heavy atom. The van der Waals surface area contributed by atoms with Gasteiger partial charge in [0, 0.05) is 30.9 Å².